The zero-order chi connectivity index (χ0) is 23.5. The minimum Gasteiger partial charge on any atom is -0.397 e. The van der Waals surface area contributed by atoms with E-state index in [4.69, 9.17) is 30.2 Å². The van der Waals surface area contributed by atoms with Crippen molar-refractivity contribution in [3.05, 3.63) is 76.7 Å². The summed E-state index contributed by atoms with van der Waals surface area (Å²) in [5.74, 6) is 3.79. The van der Waals surface area contributed by atoms with Crippen LogP contribution in [0.1, 0.15) is 21.5 Å². The molecular weight excluding hydrogens is 445 g/mol. The number of halogens is 2. The van der Waals surface area contributed by atoms with Gasteiger partial charge in [0.1, 0.15) is 5.82 Å². The van der Waals surface area contributed by atoms with Gasteiger partial charge >= 0.3 is 0 Å². The number of aromatic nitrogens is 5. The number of hydrogen-bond acceptors (Lipinski definition) is 6. The molecule has 0 unspecified atom stereocenters. The van der Waals surface area contributed by atoms with Crippen molar-refractivity contribution in [2.24, 2.45) is 0 Å². The van der Waals surface area contributed by atoms with Gasteiger partial charge in [0.05, 0.1) is 57.9 Å². The van der Waals surface area contributed by atoms with Crippen LogP contribution in [0, 0.1) is 30.5 Å². The second-order valence-electron chi connectivity index (χ2n) is 6.62. The minimum absolute atomic E-state index is 0.00872. The van der Waals surface area contributed by atoms with Gasteiger partial charge in [0, 0.05) is 17.3 Å². The van der Waals surface area contributed by atoms with E-state index in [1.54, 1.807) is 0 Å². The molecule has 4 aromatic rings. The molecule has 0 spiro atoms. The molecule has 1 aromatic carbocycles. The monoisotopic (exact) mass is 457 g/mol. The second-order valence-corrected chi connectivity index (χ2v) is 7.03. The van der Waals surface area contributed by atoms with Gasteiger partial charge in [-0.25, -0.2) is 9.37 Å². The van der Waals surface area contributed by atoms with Crippen molar-refractivity contribution in [3.8, 4) is 41.6 Å². The van der Waals surface area contributed by atoms with Gasteiger partial charge in [0.25, 0.3) is 5.91 Å². The lowest BCUT2D eigenvalue weighted by atomic mass is 9.98. The Morgan fingerprint density at radius 3 is 2.52 bits per heavy atom. The van der Waals surface area contributed by atoms with Crippen molar-refractivity contribution < 1.29 is 9.18 Å². The highest BCUT2D eigenvalue weighted by atomic mass is 35.5. The Kier molecular flexibility index (Phi) is 5.73. The number of pyridine rings is 2. The molecule has 4 rings (SSSR count). The lowest BCUT2D eigenvalue weighted by Crippen LogP contribution is -2.14. The quantitative estimate of drug-likeness (QED) is 0.455. The lowest BCUT2D eigenvalue weighted by Gasteiger charge is -2.13. The average Bonchev–Trinajstić information content (AvgIpc) is 3.35. The summed E-state index contributed by atoms with van der Waals surface area (Å²) in [5, 5.41) is 10.6. The van der Waals surface area contributed by atoms with Gasteiger partial charge in [-0.2, -0.15) is 10.2 Å². The summed E-state index contributed by atoms with van der Waals surface area (Å²) in [4.78, 5) is 22.2. The zero-order valence-electron chi connectivity index (χ0n) is 16.8. The summed E-state index contributed by atoms with van der Waals surface area (Å²) in [5.41, 5.74) is 7.24. The van der Waals surface area contributed by atoms with E-state index in [2.05, 4.69) is 37.3 Å². The summed E-state index contributed by atoms with van der Waals surface area (Å²) in [6.07, 6.45) is 18.1. The van der Waals surface area contributed by atoms with Crippen molar-refractivity contribution in [1.82, 2.24) is 25.0 Å². The van der Waals surface area contributed by atoms with Crippen molar-refractivity contribution in [1.29, 1.82) is 0 Å². The van der Waals surface area contributed by atoms with E-state index in [1.165, 1.54) is 47.9 Å². The molecule has 8 nitrogen and oxygen atoms in total. The maximum atomic E-state index is 15.0. The van der Waals surface area contributed by atoms with E-state index >= 15 is 4.39 Å². The Labute approximate surface area is 192 Å². The first-order valence-electron chi connectivity index (χ1n) is 9.27. The lowest BCUT2D eigenvalue weighted by molar-refractivity contribution is 0.102. The summed E-state index contributed by atoms with van der Waals surface area (Å²) in [6, 6.07) is 3.81. The van der Waals surface area contributed by atoms with Gasteiger partial charge in [-0.3, -0.25) is 9.78 Å². The number of nitrogens with one attached hydrogen (secondary N) is 1. The number of anilines is 2. The first-order valence-corrected chi connectivity index (χ1v) is 9.65. The highest BCUT2D eigenvalue weighted by molar-refractivity contribution is 6.34. The number of terminal acetylenes is 2. The third kappa shape index (κ3) is 4.09. The van der Waals surface area contributed by atoms with Gasteiger partial charge in [-0.1, -0.05) is 23.4 Å². The molecule has 0 radical (unpaired) electrons. The number of amides is 1. The van der Waals surface area contributed by atoms with Crippen LogP contribution in [0.15, 0.2) is 49.2 Å². The number of carbonyl (C=O) groups excluding carboxylic acids is 1. The number of benzene rings is 1. The average molecular weight is 458 g/mol. The van der Waals surface area contributed by atoms with Crippen LogP contribution >= 0.6 is 11.6 Å². The molecule has 0 saturated carbocycles. The fraction of sp³-hybridized carbons (Fsp3) is 0. The normalized spacial score (nSPS) is 10.3. The standard InChI is InChI=1S/C23H13ClFN7O/c1-3-13-7-15(11-28-22(13)32-29-5-6-30-32)31-23(33)16-9-19(25)17(8-18(16)24)21-14(4-2)10-27-12-20(21)26/h1-2,5-12H,26H2,(H,31,33). The van der Waals surface area contributed by atoms with Crippen LogP contribution in [0.4, 0.5) is 15.8 Å². The van der Waals surface area contributed by atoms with Crippen molar-refractivity contribution in [2.75, 3.05) is 11.1 Å². The number of hydrogen-bond donors (Lipinski definition) is 2. The molecule has 3 N–H and O–H groups in total. The van der Waals surface area contributed by atoms with Gasteiger partial charge in [0.2, 0.25) is 0 Å². The van der Waals surface area contributed by atoms with Crippen molar-refractivity contribution in [3.63, 3.8) is 0 Å². The summed E-state index contributed by atoms with van der Waals surface area (Å²) in [6.45, 7) is 0. The van der Waals surface area contributed by atoms with Gasteiger partial charge < -0.3 is 11.1 Å². The predicted octanol–water partition coefficient (Wildman–Crippen LogP) is 3.31. The molecule has 0 aliphatic heterocycles. The molecule has 10 heteroatoms. The molecule has 3 aromatic heterocycles. The molecule has 0 aliphatic rings. The number of rotatable bonds is 4. The highest BCUT2D eigenvalue weighted by Gasteiger charge is 2.20. The molecule has 1 amide bonds. The second kappa shape index (κ2) is 8.79. The van der Waals surface area contributed by atoms with E-state index in [-0.39, 0.29) is 33.1 Å². The Balaban J connectivity index is 1.66. The SMILES string of the molecule is C#Cc1cc(NC(=O)c2cc(F)c(-c3c(N)cncc3C#C)cc2Cl)cnc1-n1nccn1. The maximum absolute atomic E-state index is 15.0. The van der Waals surface area contributed by atoms with E-state index in [0.717, 1.165) is 6.07 Å². The van der Waals surface area contributed by atoms with Crippen LogP contribution in [-0.2, 0) is 0 Å². The molecular formula is C23H13ClFN7O. The fourth-order valence-electron chi connectivity index (χ4n) is 3.11. The zero-order valence-corrected chi connectivity index (χ0v) is 17.5. The van der Waals surface area contributed by atoms with E-state index in [0.29, 0.717) is 16.9 Å². The molecule has 0 saturated heterocycles. The van der Waals surface area contributed by atoms with Gasteiger partial charge in [-0.15, -0.1) is 17.6 Å². The molecule has 0 atom stereocenters. The van der Waals surface area contributed by atoms with E-state index in [1.807, 2.05) is 0 Å². The smallest absolute Gasteiger partial charge is 0.257 e. The van der Waals surface area contributed by atoms with Crippen LogP contribution in [0.2, 0.25) is 5.02 Å². The third-order valence-electron chi connectivity index (χ3n) is 4.59. The molecule has 160 valence electrons. The Hall–Kier alpha value is -4.73. The number of nitrogen functional groups attached to an aromatic ring is 1. The number of carbonyl (C=O) groups is 1. The topological polar surface area (TPSA) is 112 Å². The van der Waals surface area contributed by atoms with Crippen LogP contribution < -0.4 is 11.1 Å². The van der Waals surface area contributed by atoms with Crippen molar-refractivity contribution in [2.45, 2.75) is 0 Å². The minimum atomic E-state index is -0.735. The number of nitrogens with two attached hydrogens (primary N) is 1. The first kappa shape index (κ1) is 21.5. The largest absolute Gasteiger partial charge is 0.397 e. The maximum Gasteiger partial charge on any atom is 0.257 e. The van der Waals surface area contributed by atoms with E-state index < -0.39 is 11.7 Å². The van der Waals surface area contributed by atoms with Crippen LogP contribution in [0.25, 0.3) is 16.9 Å². The van der Waals surface area contributed by atoms with Gasteiger partial charge in [-0.05, 0) is 18.2 Å². The number of nitrogens with zero attached hydrogens (tertiary/aromatic N) is 5. The van der Waals surface area contributed by atoms with Crippen LogP contribution in [0.5, 0.6) is 0 Å². The van der Waals surface area contributed by atoms with E-state index in [9.17, 15) is 4.79 Å². The summed E-state index contributed by atoms with van der Waals surface area (Å²) >= 11 is 6.31. The first-order chi connectivity index (χ1) is 15.9. The van der Waals surface area contributed by atoms with Crippen LogP contribution in [0.3, 0.4) is 0 Å². The fourth-order valence-corrected chi connectivity index (χ4v) is 3.36. The summed E-state index contributed by atoms with van der Waals surface area (Å²) < 4.78 is 15.0. The Bertz CT molecular complexity index is 1470. The Morgan fingerprint density at radius 2 is 1.82 bits per heavy atom. The Morgan fingerprint density at radius 1 is 1.09 bits per heavy atom. The molecule has 33 heavy (non-hydrogen) atoms. The molecule has 0 bridgehead atoms. The predicted molar refractivity (Wildman–Crippen MR) is 122 cm³/mol. The molecule has 3 heterocycles. The van der Waals surface area contributed by atoms with Gasteiger partial charge in [0.15, 0.2) is 5.82 Å². The van der Waals surface area contributed by atoms with Crippen molar-refractivity contribution >= 4 is 28.9 Å². The summed E-state index contributed by atoms with van der Waals surface area (Å²) in [7, 11) is 0. The third-order valence-corrected chi connectivity index (χ3v) is 4.90. The molecule has 0 fully saturated rings. The van der Waals surface area contributed by atoms with Crippen LogP contribution in [-0.4, -0.2) is 30.9 Å². The highest BCUT2D eigenvalue weighted by Crippen LogP contribution is 2.34. The molecule has 0 aliphatic carbocycles.